The second kappa shape index (κ2) is 4.28. The number of ether oxygens (including phenoxy) is 1. The van der Waals surface area contributed by atoms with Crippen molar-refractivity contribution in [2.75, 3.05) is 7.11 Å². The largest absolute Gasteiger partial charge is 0.496 e. The summed E-state index contributed by atoms with van der Waals surface area (Å²) < 4.78 is 5.29. The number of ketones is 1. The van der Waals surface area contributed by atoms with Gasteiger partial charge in [-0.1, -0.05) is 26.0 Å². The van der Waals surface area contributed by atoms with Crippen LogP contribution in [0.3, 0.4) is 0 Å². The first-order valence-corrected chi connectivity index (χ1v) is 5.95. The van der Waals surface area contributed by atoms with Gasteiger partial charge in [0.1, 0.15) is 5.75 Å². The summed E-state index contributed by atoms with van der Waals surface area (Å²) in [5.41, 5.74) is 2.00. The number of carbonyl (C=O) groups excluding carboxylic acids is 1. The fourth-order valence-electron chi connectivity index (χ4n) is 2.85. The van der Waals surface area contributed by atoms with Crippen LogP contribution in [-0.2, 0) is 0 Å². The van der Waals surface area contributed by atoms with Crippen molar-refractivity contribution in [3.63, 3.8) is 0 Å². The minimum absolute atomic E-state index is 0.149. The van der Waals surface area contributed by atoms with E-state index in [1.54, 1.807) is 7.11 Å². The molecule has 1 aliphatic carbocycles. The van der Waals surface area contributed by atoms with Gasteiger partial charge in [0.15, 0.2) is 5.78 Å². The molecule has 0 saturated carbocycles. The van der Waals surface area contributed by atoms with E-state index in [4.69, 9.17) is 4.74 Å². The second-order valence-electron chi connectivity index (χ2n) is 4.32. The molecule has 0 radical (unpaired) electrons. The Morgan fingerprint density at radius 3 is 2.44 bits per heavy atom. The number of methoxy groups -OCH3 is 1. The van der Waals surface area contributed by atoms with Crippen molar-refractivity contribution in [3.05, 3.63) is 29.3 Å². The van der Waals surface area contributed by atoms with Gasteiger partial charge in [0.25, 0.3) is 0 Å². The predicted octanol–water partition coefficient (Wildman–Crippen LogP) is 3.41. The zero-order valence-electron chi connectivity index (χ0n) is 10.1. The fourth-order valence-corrected chi connectivity index (χ4v) is 2.85. The molecule has 2 atom stereocenters. The number of rotatable bonds is 3. The molecule has 16 heavy (non-hydrogen) atoms. The van der Waals surface area contributed by atoms with Gasteiger partial charge in [-0.2, -0.15) is 0 Å². The molecule has 0 amide bonds. The summed E-state index contributed by atoms with van der Waals surface area (Å²) in [6.07, 6.45) is 1.93. The molecule has 0 fully saturated rings. The zero-order valence-corrected chi connectivity index (χ0v) is 10.1. The molecule has 1 aliphatic rings. The molecule has 0 heterocycles. The number of Topliss-reactive ketones (excluding diaryl/α,β-unsaturated/α-hetero) is 1. The summed E-state index contributed by atoms with van der Waals surface area (Å²) in [6, 6.07) is 5.92. The Bertz CT molecular complexity index is 409. The lowest BCUT2D eigenvalue weighted by Gasteiger charge is -2.14. The third-order valence-corrected chi connectivity index (χ3v) is 3.63. The maximum atomic E-state index is 12.3. The molecular formula is C14H18O2. The molecule has 0 N–H and O–H groups in total. The lowest BCUT2D eigenvalue weighted by molar-refractivity contribution is 0.0916. The maximum Gasteiger partial charge on any atom is 0.170 e. The molecule has 2 nitrogen and oxygen atoms in total. The van der Waals surface area contributed by atoms with Gasteiger partial charge >= 0.3 is 0 Å². The standard InChI is InChI=1S/C14H18O2/c1-4-9-10(5-2)14(15)13-11(9)7-6-8-12(13)16-3/h6-10H,4-5H2,1-3H3. The molecule has 0 saturated heterocycles. The third kappa shape index (κ3) is 1.44. The summed E-state index contributed by atoms with van der Waals surface area (Å²) in [4.78, 5) is 12.3. The summed E-state index contributed by atoms with van der Waals surface area (Å²) >= 11 is 0. The van der Waals surface area contributed by atoms with Crippen molar-refractivity contribution in [1.82, 2.24) is 0 Å². The van der Waals surface area contributed by atoms with Crippen LogP contribution in [0.1, 0.15) is 48.5 Å². The fraction of sp³-hybridized carbons (Fsp3) is 0.500. The minimum atomic E-state index is 0.149. The van der Waals surface area contributed by atoms with E-state index >= 15 is 0 Å². The molecule has 2 heteroatoms. The van der Waals surface area contributed by atoms with Crippen LogP contribution >= 0.6 is 0 Å². The first kappa shape index (κ1) is 11.2. The summed E-state index contributed by atoms with van der Waals surface area (Å²) in [7, 11) is 1.63. The Hall–Kier alpha value is -1.31. The van der Waals surface area contributed by atoms with Crippen LogP contribution in [0.5, 0.6) is 5.75 Å². The molecule has 0 aromatic heterocycles. The Balaban J connectivity index is 2.56. The number of fused-ring (bicyclic) bond motifs is 1. The van der Waals surface area contributed by atoms with E-state index in [1.807, 2.05) is 12.1 Å². The topological polar surface area (TPSA) is 26.3 Å². The Morgan fingerprint density at radius 1 is 1.19 bits per heavy atom. The van der Waals surface area contributed by atoms with Gasteiger partial charge in [-0.15, -0.1) is 0 Å². The van der Waals surface area contributed by atoms with Crippen LogP contribution < -0.4 is 4.74 Å². The molecule has 0 spiro atoms. The normalized spacial score (nSPS) is 23.3. The first-order chi connectivity index (χ1) is 7.74. The highest BCUT2D eigenvalue weighted by atomic mass is 16.5. The number of carbonyl (C=O) groups is 1. The van der Waals surface area contributed by atoms with Crippen molar-refractivity contribution < 1.29 is 9.53 Å². The van der Waals surface area contributed by atoms with Gasteiger partial charge < -0.3 is 4.74 Å². The highest BCUT2D eigenvalue weighted by molar-refractivity contribution is 6.05. The minimum Gasteiger partial charge on any atom is -0.496 e. The van der Waals surface area contributed by atoms with E-state index in [9.17, 15) is 4.79 Å². The lowest BCUT2D eigenvalue weighted by Crippen LogP contribution is -2.12. The second-order valence-corrected chi connectivity index (χ2v) is 4.32. The molecule has 1 aromatic rings. The van der Waals surface area contributed by atoms with Crippen LogP contribution in [-0.4, -0.2) is 12.9 Å². The van der Waals surface area contributed by atoms with Gasteiger partial charge in [-0.25, -0.2) is 0 Å². The highest BCUT2D eigenvalue weighted by Gasteiger charge is 2.39. The van der Waals surface area contributed by atoms with Gasteiger partial charge in [-0.05, 0) is 30.4 Å². The van der Waals surface area contributed by atoms with Crippen LogP contribution in [0.2, 0.25) is 0 Å². The van der Waals surface area contributed by atoms with E-state index < -0.39 is 0 Å². The van der Waals surface area contributed by atoms with Gasteiger partial charge in [0.2, 0.25) is 0 Å². The van der Waals surface area contributed by atoms with Crippen LogP contribution in [0, 0.1) is 5.92 Å². The molecule has 0 bridgehead atoms. The van der Waals surface area contributed by atoms with E-state index in [0.717, 1.165) is 24.2 Å². The van der Waals surface area contributed by atoms with Crippen molar-refractivity contribution >= 4 is 5.78 Å². The van der Waals surface area contributed by atoms with Crippen LogP contribution in [0.15, 0.2) is 18.2 Å². The Morgan fingerprint density at radius 2 is 1.88 bits per heavy atom. The number of hydrogen-bond donors (Lipinski definition) is 0. The SMILES string of the molecule is CCC1C(=O)c2c(OC)cccc2C1CC. The van der Waals surface area contributed by atoms with Crippen molar-refractivity contribution in [1.29, 1.82) is 0 Å². The summed E-state index contributed by atoms with van der Waals surface area (Å²) in [5, 5.41) is 0. The monoisotopic (exact) mass is 218 g/mol. The average Bonchev–Trinajstić information content (AvgIpc) is 2.61. The van der Waals surface area contributed by atoms with E-state index in [0.29, 0.717) is 5.92 Å². The molecule has 2 rings (SSSR count). The van der Waals surface area contributed by atoms with E-state index in [-0.39, 0.29) is 11.7 Å². The van der Waals surface area contributed by atoms with Crippen molar-refractivity contribution in [2.45, 2.75) is 32.6 Å². The molecule has 86 valence electrons. The van der Waals surface area contributed by atoms with E-state index in [1.165, 1.54) is 5.56 Å². The van der Waals surface area contributed by atoms with Gasteiger partial charge in [0.05, 0.1) is 12.7 Å². The van der Waals surface area contributed by atoms with Crippen LogP contribution in [0.4, 0.5) is 0 Å². The smallest absolute Gasteiger partial charge is 0.170 e. The van der Waals surface area contributed by atoms with Crippen molar-refractivity contribution in [2.24, 2.45) is 5.92 Å². The lowest BCUT2D eigenvalue weighted by atomic mass is 9.88. The molecule has 2 unspecified atom stereocenters. The first-order valence-electron chi connectivity index (χ1n) is 5.95. The molecule has 0 aliphatic heterocycles. The Labute approximate surface area is 96.6 Å². The summed E-state index contributed by atoms with van der Waals surface area (Å²) in [5.74, 6) is 1.53. The van der Waals surface area contributed by atoms with Crippen LogP contribution in [0.25, 0.3) is 0 Å². The van der Waals surface area contributed by atoms with Gasteiger partial charge in [0, 0.05) is 5.92 Å². The molecule has 1 aromatic carbocycles. The Kier molecular flexibility index (Phi) is 2.99. The third-order valence-electron chi connectivity index (χ3n) is 3.63. The number of benzene rings is 1. The number of hydrogen-bond acceptors (Lipinski definition) is 2. The summed E-state index contributed by atoms with van der Waals surface area (Å²) in [6.45, 7) is 4.23. The predicted molar refractivity (Wildman–Crippen MR) is 64.1 cm³/mol. The zero-order chi connectivity index (χ0) is 11.7. The molecular weight excluding hydrogens is 200 g/mol. The average molecular weight is 218 g/mol. The van der Waals surface area contributed by atoms with Crippen molar-refractivity contribution in [3.8, 4) is 5.75 Å². The quantitative estimate of drug-likeness (QED) is 0.777. The maximum absolute atomic E-state index is 12.3. The highest BCUT2D eigenvalue weighted by Crippen LogP contribution is 2.44. The van der Waals surface area contributed by atoms with Gasteiger partial charge in [-0.3, -0.25) is 4.79 Å². The van der Waals surface area contributed by atoms with E-state index in [2.05, 4.69) is 19.9 Å².